The average Bonchev–Trinajstić information content (AvgIpc) is 3.39. The maximum atomic E-state index is 12.8. The van der Waals surface area contributed by atoms with E-state index in [1.807, 2.05) is 0 Å². The number of cyclic esters (lactones) is 4. The van der Waals surface area contributed by atoms with Gasteiger partial charge in [0.1, 0.15) is 37.9 Å². The zero-order valence-electron chi connectivity index (χ0n) is 16.1. The van der Waals surface area contributed by atoms with Gasteiger partial charge in [-0.05, 0) is 48.5 Å². The highest BCUT2D eigenvalue weighted by atomic mass is 32.2. The molecule has 2 fully saturated rings. The van der Waals surface area contributed by atoms with Gasteiger partial charge in [-0.25, -0.2) is 18.0 Å². The molecule has 2 aliphatic rings. The van der Waals surface area contributed by atoms with Crippen LogP contribution in [0.25, 0.3) is 0 Å². The maximum Gasteiger partial charge on any atom is 0.508 e. The second-order valence-corrected chi connectivity index (χ2v) is 8.62. The third-order valence-corrected chi connectivity index (χ3v) is 6.23. The van der Waals surface area contributed by atoms with Gasteiger partial charge in [0.2, 0.25) is 9.84 Å². The lowest BCUT2D eigenvalue weighted by molar-refractivity contribution is 0.0977. The van der Waals surface area contributed by atoms with Gasteiger partial charge < -0.3 is 28.4 Å². The molecular formula is C20H18O10S. The molecule has 4 rings (SSSR count). The van der Waals surface area contributed by atoms with Crippen LogP contribution in [-0.4, -0.2) is 59.4 Å². The maximum absolute atomic E-state index is 12.8. The van der Waals surface area contributed by atoms with Gasteiger partial charge in [-0.1, -0.05) is 0 Å². The summed E-state index contributed by atoms with van der Waals surface area (Å²) in [7, 11) is -3.74. The van der Waals surface area contributed by atoms with E-state index in [9.17, 15) is 18.0 Å². The molecule has 0 N–H and O–H groups in total. The van der Waals surface area contributed by atoms with Crippen LogP contribution in [0.5, 0.6) is 11.5 Å². The minimum atomic E-state index is -3.74. The van der Waals surface area contributed by atoms with Crippen LogP contribution in [0.2, 0.25) is 0 Å². The summed E-state index contributed by atoms with van der Waals surface area (Å²) in [5.74, 6) is 0.865. The fourth-order valence-corrected chi connectivity index (χ4v) is 4.10. The van der Waals surface area contributed by atoms with Gasteiger partial charge >= 0.3 is 12.3 Å². The Morgan fingerprint density at radius 3 is 1.42 bits per heavy atom. The summed E-state index contributed by atoms with van der Waals surface area (Å²) in [4.78, 5) is 22.0. The van der Waals surface area contributed by atoms with Gasteiger partial charge in [0.05, 0.1) is 9.79 Å². The average molecular weight is 450 g/mol. The third-order valence-electron chi connectivity index (χ3n) is 4.44. The first-order chi connectivity index (χ1) is 14.9. The molecule has 2 aromatic rings. The summed E-state index contributed by atoms with van der Waals surface area (Å²) in [5.41, 5.74) is 0. The number of carbonyl (C=O) groups excluding carboxylic acids is 2. The lowest BCUT2D eigenvalue weighted by Crippen LogP contribution is -2.20. The number of ether oxygens (including phenoxy) is 6. The van der Waals surface area contributed by atoms with Crippen molar-refractivity contribution in [1.29, 1.82) is 0 Å². The van der Waals surface area contributed by atoms with Crippen molar-refractivity contribution < 1.29 is 46.4 Å². The minimum absolute atomic E-state index is 0.0964. The van der Waals surface area contributed by atoms with Gasteiger partial charge in [-0.2, -0.15) is 0 Å². The molecule has 0 aliphatic carbocycles. The quantitative estimate of drug-likeness (QED) is 0.554. The van der Waals surface area contributed by atoms with E-state index in [2.05, 4.69) is 9.47 Å². The first-order valence-electron chi connectivity index (χ1n) is 9.28. The Kier molecular flexibility index (Phi) is 5.85. The van der Waals surface area contributed by atoms with E-state index in [-0.39, 0.29) is 36.2 Å². The molecule has 0 amide bonds. The van der Waals surface area contributed by atoms with Crippen LogP contribution in [0, 0.1) is 0 Å². The molecular weight excluding hydrogens is 432 g/mol. The van der Waals surface area contributed by atoms with Crippen LogP contribution in [0.3, 0.4) is 0 Å². The van der Waals surface area contributed by atoms with Crippen molar-refractivity contribution in [2.24, 2.45) is 0 Å². The first-order valence-corrected chi connectivity index (χ1v) is 10.8. The number of hydrogen-bond acceptors (Lipinski definition) is 10. The Bertz CT molecular complexity index is 967. The van der Waals surface area contributed by atoms with Gasteiger partial charge in [-0.15, -0.1) is 0 Å². The van der Waals surface area contributed by atoms with Crippen LogP contribution in [-0.2, 0) is 28.8 Å². The largest absolute Gasteiger partial charge is 0.508 e. The van der Waals surface area contributed by atoms with Crippen molar-refractivity contribution in [1.82, 2.24) is 0 Å². The molecule has 2 atom stereocenters. The molecule has 0 bridgehead atoms. The molecule has 11 heteroatoms. The molecule has 31 heavy (non-hydrogen) atoms. The summed E-state index contributed by atoms with van der Waals surface area (Å²) < 4.78 is 55.7. The number of hydrogen-bond donors (Lipinski definition) is 0. The molecule has 2 unspecified atom stereocenters. The Labute approximate surface area is 177 Å². The van der Waals surface area contributed by atoms with Crippen LogP contribution in [0.1, 0.15) is 0 Å². The van der Waals surface area contributed by atoms with Gasteiger partial charge in [-0.3, -0.25) is 0 Å². The topological polar surface area (TPSA) is 124 Å². The fraction of sp³-hybridized carbons (Fsp3) is 0.300. The Hall–Kier alpha value is -3.47. The van der Waals surface area contributed by atoms with Crippen molar-refractivity contribution in [2.45, 2.75) is 22.0 Å². The normalized spacial score (nSPS) is 20.4. The molecule has 0 saturated carbocycles. The Balaban J connectivity index is 1.34. The zero-order chi connectivity index (χ0) is 21.8. The monoisotopic (exact) mass is 450 g/mol. The van der Waals surface area contributed by atoms with E-state index in [0.29, 0.717) is 11.5 Å². The van der Waals surface area contributed by atoms with Crippen molar-refractivity contribution in [3.63, 3.8) is 0 Å². The van der Waals surface area contributed by atoms with Crippen LogP contribution >= 0.6 is 0 Å². The van der Waals surface area contributed by atoms with E-state index in [1.165, 1.54) is 48.5 Å². The molecule has 0 radical (unpaired) electrons. The predicted octanol–water partition coefficient (Wildman–Crippen LogP) is 2.35. The predicted molar refractivity (Wildman–Crippen MR) is 102 cm³/mol. The first kappa shape index (κ1) is 20.8. The molecule has 2 aliphatic heterocycles. The van der Waals surface area contributed by atoms with E-state index in [1.54, 1.807) is 0 Å². The van der Waals surface area contributed by atoms with Crippen molar-refractivity contribution in [3.05, 3.63) is 48.5 Å². The molecule has 0 spiro atoms. The third kappa shape index (κ3) is 5.00. The van der Waals surface area contributed by atoms with Gasteiger partial charge in [0, 0.05) is 0 Å². The van der Waals surface area contributed by atoms with E-state index < -0.39 is 34.4 Å². The zero-order valence-corrected chi connectivity index (χ0v) is 16.9. The Morgan fingerprint density at radius 2 is 1.10 bits per heavy atom. The van der Waals surface area contributed by atoms with Crippen LogP contribution in [0.15, 0.2) is 58.3 Å². The summed E-state index contributed by atoms with van der Waals surface area (Å²) in [6, 6.07) is 11.8. The highest BCUT2D eigenvalue weighted by Crippen LogP contribution is 2.25. The second-order valence-electron chi connectivity index (χ2n) is 6.67. The second kappa shape index (κ2) is 8.72. The summed E-state index contributed by atoms with van der Waals surface area (Å²) >= 11 is 0. The molecule has 2 saturated heterocycles. The SMILES string of the molecule is O=C1OCC(COc2ccc(S(=O)(=O)c3ccc(OCC4COC(=O)O4)cc3)cc2)O1. The summed E-state index contributed by atoms with van der Waals surface area (Å²) in [6.07, 6.45) is -2.46. The number of carbonyl (C=O) groups is 2. The lowest BCUT2D eigenvalue weighted by Gasteiger charge is -2.11. The summed E-state index contributed by atoms with van der Waals surface area (Å²) in [6.45, 7) is 0.437. The summed E-state index contributed by atoms with van der Waals surface area (Å²) in [5, 5.41) is 0. The van der Waals surface area contributed by atoms with E-state index in [0.717, 1.165) is 0 Å². The number of rotatable bonds is 8. The van der Waals surface area contributed by atoms with E-state index >= 15 is 0 Å². The fourth-order valence-electron chi connectivity index (χ4n) is 2.84. The number of sulfone groups is 1. The lowest BCUT2D eigenvalue weighted by atomic mass is 10.3. The smallest absolute Gasteiger partial charge is 0.490 e. The highest BCUT2D eigenvalue weighted by molar-refractivity contribution is 7.91. The highest BCUT2D eigenvalue weighted by Gasteiger charge is 2.26. The molecule has 2 aromatic carbocycles. The molecule has 2 heterocycles. The Morgan fingerprint density at radius 1 is 0.710 bits per heavy atom. The van der Waals surface area contributed by atoms with Crippen molar-refractivity contribution in [2.75, 3.05) is 26.4 Å². The number of benzene rings is 2. The van der Waals surface area contributed by atoms with Crippen LogP contribution in [0.4, 0.5) is 9.59 Å². The van der Waals surface area contributed by atoms with Crippen molar-refractivity contribution >= 4 is 22.1 Å². The van der Waals surface area contributed by atoms with E-state index in [4.69, 9.17) is 18.9 Å². The van der Waals surface area contributed by atoms with Gasteiger partial charge in [0.25, 0.3) is 0 Å². The van der Waals surface area contributed by atoms with Gasteiger partial charge in [0.15, 0.2) is 12.2 Å². The minimum Gasteiger partial charge on any atom is -0.490 e. The molecule has 0 aromatic heterocycles. The van der Waals surface area contributed by atoms with Crippen molar-refractivity contribution in [3.8, 4) is 11.5 Å². The molecule has 10 nitrogen and oxygen atoms in total. The molecule has 164 valence electrons. The van der Waals surface area contributed by atoms with Crippen LogP contribution < -0.4 is 9.47 Å². The standard InChI is InChI=1S/C20H18O10S/c21-19-27-11-15(29-19)9-25-13-1-5-17(6-2-13)31(23,24)18-7-3-14(4-8-18)26-10-16-12-28-20(22)30-16/h1-8,15-16H,9-12H2.